The number of carbonyl (C=O) groups is 1. The van der Waals surface area contributed by atoms with Gasteiger partial charge in [0.05, 0.1) is 0 Å². The van der Waals surface area contributed by atoms with E-state index in [1.807, 2.05) is 20.9 Å². The molecule has 3 heteroatoms. The summed E-state index contributed by atoms with van der Waals surface area (Å²) in [4.78, 5) is 12.9. The van der Waals surface area contributed by atoms with Crippen LogP contribution in [0.2, 0.25) is 0 Å². The van der Waals surface area contributed by atoms with Crippen molar-refractivity contribution < 1.29 is 9.53 Å². The lowest BCUT2D eigenvalue weighted by molar-refractivity contribution is -0.137. The maximum absolute atomic E-state index is 11.1. The monoisotopic (exact) mass is 155 g/mol. The number of esters is 1. The zero-order chi connectivity index (χ0) is 8.59. The van der Waals surface area contributed by atoms with Gasteiger partial charge in [0.2, 0.25) is 0 Å². The molecular formula is C8H13NO2. The van der Waals surface area contributed by atoms with E-state index in [1.165, 1.54) is 0 Å². The highest BCUT2D eigenvalue weighted by Crippen LogP contribution is 2.23. The minimum absolute atomic E-state index is 0.150. The van der Waals surface area contributed by atoms with Crippen LogP contribution in [0.3, 0.4) is 0 Å². The SMILES string of the molecule is C=C1OC(=O)[C@@H](C(C)C)N1C. The van der Waals surface area contributed by atoms with E-state index >= 15 is 0 Å². The van der Waals surface area contributed by atoms with Crippen LogP contribution in [0.15, 0.2) is 12.5 Å². The van der Waals surface area contributed by atoms with E-state index in [0.29, 0.717) is 5.88 Å². The Hall–Kier alpha value is -0.990. The van der Waals surface area contributed by atoms with Crippen molar-refractivity contribution in [1.29, 1.82) is 0 Å². The van der Waals surface area contributed by atoms with Gasteiger partial charge in [0.1, 0.15) is 6.04 Å². The Morgan fingerprint density at radius 3 is 2.36 bits per heavy atom. The normalized spacial score (nSPS) is 24.7. The number of ether oxygens (including phenoxy) is 1. The number of carbonyl (C=O) groups excluding carboxylic acids is 1. The summed E-state index contributed by atoms with van der Waals surface area (Å²) in [6, 6.07) is -0.150. The van der Waals surface area contributed by atoms with E-state index in [4.69, 9.17) is 4.74 Å². The molecule has 0 saturated carbocycles. The van der Waals surface area contributed by atoms with Gasteiger partial charge in [0.25, 0.3) is 0 Å². The van der Waals surface area contributed by atoms with Crippen molar-refractivity contribution in [3.8, 4) is 0 Å². The van der Waals surface area contributed by atoms with Gasteiger partial charge >= 0.3 is 5.97 Å². The fourth-order valence-corrected chi connectivity index (χ4v) is 1.28. The number of likely N-dealkylation sites (N-methyl/N-ethyl adjacent to an activating group) is 1. The lowest BCUT2D eigenvalue weighted by atomic mass is 10.0. The Bertz CT molecular complexity index is 198. The summed E-state index contributed by atoms with van der Waals surface area (Å²) in [7, 11) is 1.82. The number of hydrogen-bond donors (Lipinski definition) is 0. The molecule has 1 fully saturated rings. The van der Waals surface area contributed by atoms with E-state index in [1.54, 1.807) is 4.90 Å². The van der Waals surface area contributed by atoms with Crippen LogP contribution in [-0.4, -0.2) is 24.0 Å². The first-order valence-electron chi connectivity index (χ1n) is 3.67. The van der Waals surface area contributed by atoms with Crippen molar-refractivity contribution in [3.63, 3.8) is 0 Å². The van der Waals surface area contributed by atoms with Crippen LogP contribution in [0.4, 0.5) is 0 Å². The molecule has 0 aromatic heterocycles. The third-order valence-electron chi connectivity index (χ3n) is 1.90. The predicted octanol–water partition coefficient (Wildman–Crippen LogP) is 0.971. The van der Waals surface area contributed by atoms with Gasteiger partial charge in [-0.05, 0) is 12.5 Å². The van der Waals surface area contributed by atoms with Gasteiger partial charge in [0.15, 0.2) is 5.88 Å². The molecular weight excluding hydrogens is 142 g/mol. The second-order valence-electron chi connectivity index (χ2n) is 3.11. The Morgan fingerprint density at radius 1 is 1.64 bits per heavy atom. The molecule has 1 aliphatic rings. The molecule has 0 bridgehead atoms. The average Bonchev–Trinajstić information content (AvgIpc) is 2.07. The molecule has 11 heavy (non-hydrogen) atoms. The zero-order valence-corrected chi connectivity index (χ0v) is 7.13. The first kappa shape index (κ1) is 8.11. The molecule has 0 N–H and O–H groups in total. The molecule has 62 valence electrons. The van der Waals surface area contributed by atoms with Crippen LogP contribution < -0.4 is 0 Å². The summed E-state index contributed by atoms with van der Waals surface area (Å²) in [5.74, 6) is 0.535. The third kappa shape index (κ3) is 1.23. The van der Waals surface area contributed by atoms with Crippen molar-refractivity contribution >= 4 is 5.97 Å². The molecule has 0 spiro atoms. The molecule has 0 aromatic rings. The molecule has 0 aromatic carbocycles. The van der Waals surface area contributed by atoms with Crippen molar-refractivity contribution in [3.05, 3.63) is 12.5 Å². The van der Waals surface area contributed by atoms with Crippen LogP contribution in [0.25, 0.3) is 0 Å². The molecule has 1 rings (SSSR count). The number of nitrogens with zero attached hydrogens (tertiary/aromatic N) is 1. The van der Waals surface area contributed by atoms with E-state index in [0.717, 1.165) is 0 Å². The Balaban J connectivity index is 2.79. The lowest BCUT2D eigenvalue weighted by Crippen LogP contribution is -2.33. The second kappa shape index (κ2) is 2.57. The maximum atomic E-state index is 11.1. The topological polar surface area (TPSA) is 29.5 Å². The predicted molar refractivity (Wildman–Crippen MR) is 41.6 cm³/mol. The van der Waals surface area contributed by atoms with Gasteiger partial charge in [0, 0.05) is 7.05 Å². The summed E-state index contributed by atoms with van der Waals surface area (Å²) in [6.45, 7) is 7.58. The molecule has 3 nitrogen and oxygen atoms in total. The van der Waals surface area contributed by atoms with Crippen LogP contribution >= 0.6 is 0 Å². The number of rotatable bonds is 1. The molecule has 0 unspecified atom stereocenters. The fourth-order valence-electron chi connectivity index (χ4n) is 1.28. The number of cyclic esters (lactones) is 1. The van der Waals surface area contributed by atoms with E-state index < -0.39 is 0 Å². The smallest absolute Gasteiger partial charge is 0.335 e. The minimum Gasteiger partial charge on any atom is -0.409 e. The highest BCUT2D eigenvalue weighted by Gasteiger charge is 2.36. The summed E-state index contributed by atoms with van der Waals surface area (Å²) in [5.41, 5.74) is 0. The quantitative estimate of drug-likeness (QED) is 0.528. The van der Waals surface area contributed by atoms with Crippen molar-refractivity contribution in [2.24, 2.45) is 5.92 Å². The number of hydrogen-bond acceptors (Lipinski definition) is 3. The van der Waals surface area contributed by atoms with Crippen molar-refractivity contribution in [1.82, 2.24) is 4.90 Å². The van der Waals surface area contributed by atoms with Crippen LogP contribution in [0.1, 0.15) is 13.8 Å². The first-order valence-corrected chi connectivity index (χ1v) is 3.67. The second-order valence-corrected chi connectivity index (χ2v) is 3.11. The highest BCUT2D eigenvalue weighted by atomic mass is 16.6. The fraction of sp³-hybridized carbons (Fsp3) is 0.625. The van der Waals surface area contributed by atoms with E-state index in [9.17, 15) is 4.79 Å². The van der Waals surface area contributed by atoms with Crippen LogP contribution in [0, 0.1) is 5.92 Å². The molecule has 0 amide bonds. The van der Waals surface area contributed by atoms with Crippen molar-refractivity contribution in [2.75, 3.05) is 7.05 Å². The van der Waals surface area contributed by atoms with Gasteiger partial charge in [-0.25, -0.2) is 4.79 Å². The van der Waals surface area contributed by atoms with Crippen LogP contribution in [-0.2, 0) is 9.53 Å². The highest BCUT2D eigenvalue weighted by molar-refractivity contribution is 5.79. The van der Waals surface area contributed by atoms with E-state index in [-0.39, 0.29) is 17.9 Å². The Labute approximate surface area is 66.6 Å². The van der Waals surface area contributed by atoms with Gasteiger partial charge in [-0.2, -0.15) is 0 Å². The first-order chi connectivity index (χ1) is 5.04. The molecule has 1 saturated heterocycles. The summed E-state index contributed by atoms with van der Waals surface area (Å²) < 4.78 is 4.84. The van der Waals surface area contributed by atoms with Gasteiger partial charge < -0.3 is 9.64 Å². The van der Waals surface area contributed by atoms with Gasteiger partial charge in [-0.1, -0.05) is 13.8 Å². The van der Waals surface area contributed by atoms with Gasteiger partial charge in [-0.15, -0.1) is 0 Å². The van der Waals surface area contributed by atoms with E-state index in [2.05, 4.69) is 6.58 Å². The summed E-state index contributed by atoms with van der Waals surface area (Å²) in [6.07, 6.45) is 0. The summed E-state index contributed by atoms with van der Waals surface area (Å²) >= 11 is 0. The minimum atomic E-state index is -0.187. The van der Waals surface area contributed by atoms with Gasteiger partial charge in [-0.3, -0.25) is 0 Å². The molecule has 0 aliphatic carbocycles. The summed E-state index contributed by atoms with van der Waals surface area (Å²) in [5, 5.41) is 0. The third-order valence-corrected chi connectivity index (χ3v) is 1.90. The standard InChI is InChI=1S/C8H13NO2/c1-5(2)7-8(10)11-6(3)9(7)4/h5,7H,3H2,1-2,4H3/t7-/m1/s1. The zero-order valence-electron chi connectivity index (χ0n) is 7.13. The molecule has 1 aliphatic heterocycles. The maximum Gasteiger partial charge on any atom is 0.335 e. The largest absolute Gasteiger partial charge is 0.409 e. The Kier molecular flexibility index (Phi) is 1.89. The Morgan fingerprint density at radius 2 is 2.18 bits per heavy atom. The lowest BCUT2D eigenvalue weighted by Gasteiger charge is -2.19. The molecule has 0 radical (unpaired) electrons. The average molecular weight is 155 g/mol. The van der Waals surface area contributed by atoms with Crippen molar-refractivity contribution in [2.45, 2.75) is 19.9 Å². The van der Waals surface area contributed by atoms with Crippen LogP contribution in [0.5, 0.6) is 0 Å². The molecule has 1 atom stereocenters. The molecule has 1 heterocycles.